The molecule has 0 unspecified atom stereocenters. The largest absolute Gasteiger partial charge is 0.508 e. The fourth-order valence-electron chi connectivity index (χ4n) is 11.0. The number of aromatic hydroxyl groups is 3. The molecular formula is C100H136O23S8. The Labute approximate surface area is 808 Å². The highest BCUT2D eigenvalue weighted by Crippen LogP contribution is 2.32. The van der Waals surface area contributed by atoms with E-state index in [-0.39, 0.29) is 37.2 Å². The van der Waals surface area contributed by atoms with Gasteiger partial charge in [-0.2, -0.15) is 0 Å². The van der Waals surface area contributed by atoms with E-state index in [1.54, 1.807) is 118 Å². The van der Waals surface area contributed by atoms with Crippen molar-refractivity contribution in [1.82, 2.24) is 0 Å². The number of hydrogen-bond donors (Lipinski definition) is 11. The summed E-state index contributed by atoms with van der Waals surface area (Å²) in [6.07, 6.45) is 25.3. The maximum atomic E-state index is 10.3. The first-order chi connectivity index (χ1) is 63.0. The number of unbranched alkanes of at least 4 members (excludes halogenated alkanes) is 17. The minimum atomic E-state index is -0.805. The van der Waals surface area contributed by atoms with Crippen molar-refractivity contribution in [3.8, 4) is 40.2 Å². The lowest BCUT2D eigenvalue weighted by Crippen LogP contribution is -1.97. The van der Waals surface area contributed by atoms with Gasteiger partial charge in [-0.15, -0.1) is 94.1 Å². The number of hydrogen-bond acceptors (Lipinski definition) is 23. The molecule has 0 aliphatic rings. The topological polar surface area (TPSA) is 396 Å². The molecule has 0 amide bonds. The van der Waals surface area contributed by atoms with Gasteiger partial charge in [-0.05, 0) is 276 Å². The third kappa shape index (κ3) is 72.2. The van der Waals surface area contributed by atoms with Crippen LogP contribution >= 0.6 is 94.1 Å². The van der Waals surface area contributed by atoms with Crippen molar-refractivity contribution < 1.29 is 113 Å². The molecule has 0 saturated carbocycles. The van der Waals surface area contributed by atoms with Crippen molar-refractivity contribution >= 4 is 142 Å². The van der Waals surface area contributed by atoms with Crippen molar-refractivity contribution in [2.24, 2.45) is 0 Å². The van der Waals surface area contributed by atoms with Gasteiger partial charge in [-0.3, -0.25) is 38.4 Å². The Bertz CT molecular complexity index is 4340. The van der Waals surface area contributed by atoms with Crippen LogP contribution < -0.4 is 18.9 Å². The van der Waals surface area contributed by atoms with E-state index < -0.39 is 47.8 Å². The molecule has 0 heterocycles. The van der Waals surface area contributed by atoms with E-state index in [9.17, 15) is 48.6 Å². The maximum Gasteiger partial charge on any atom is 0.313 e. The van der Waals surface area contributed by atoms with Gasteiger partial charge in [0.2, 0.25) is 0 Å². The molecule has 8 aromatic rings. The van der Waals surface area contributed by atoms with Crippen LogP contribution in [0.4, 0.5) is 0 Å². The zero-order valence-corrected chi connectivity index (χ0v) is 82.9. The minimum Gasteiger partial charge on any atom is -0.508 e. The fourth-order valence-corrected chi connectivity index (χ4v) is 18.2. The van der Waals surface area contributed by atoms with Crippen molar-refractivity contribution in [1.29, 1.82) is 0 Å². The van der Waals surface area contributed by atoms with Gasteiger partial charge in [0, 0.05) is 83.4 Å². The molecule has 0 aliphatic carbocycles. The molecular weight excluding hydrogens is 1830 g/mol. The van der Waals surface area contributed by atoms with Crippen molar-refractivity contribution in [3.05, 3.63) is 199 Å². The van der Waals surface area contributed by atoms with Crippen molar-refractivity contribution in [2.45, 2.75) is 246 Å². The second-order valence-electron chi connectivity index (χ2n) is 29.2. The summed E-state index contributed by atoms with van der Waals surface area (Å²) in [7, 11) is 6.57. The molecule has 722 valence electrons. The first-order valence-corrected chi connectivity index (χ1v) is 51.7. The van der Waals surface area contributed by atoms with E-state index in [0.29, 0.717) is 48.7 Å². The average Bonchev–Trinajstić information content (AvgIpc) is 0.891. The molecule has 0 bridgehead atoms. The molecule has 0 spiro atoms. The van der Waals surface area contributed by atoms with Crippen LogP contribution in [0, 0.1) is 13.8 Å². The number of carboxylic acid groups (broad SMARTS) is 8. The van der Waals surface area contributed by atoms with E-state index in [4.69, 9.17) is 64.9 Å². The smallest absolute Gasteiger partial charge is 0.313 e. The molecule has 0 atom stereocenters. The molecule has 0 aliphatic heterocycles. The normalized spacial score (nSPS) is 10.2. The predicted octanol–water partition coefficient (Wildman–Crippen LogP) is 26.4. The summed E-state index contributed by atoms with van der Waals surface area (Å²) in [4.78, 5) is 91.1. The number of thioether (sulfide) groups is 8. The molecule has 0 saturated heterocycles. The number of rotatable bonds is 58. The summed E-state index contributed by atoms with van der Waals surface area (Å²) in [5.41, 5.74) is 2.43. The van der Waals surface area contributed by atoms with Crippen LogP contribution in [0.15, 0.2) is 227 Å². The lowest BCUT2D eigenvalue weighted by molar-refractivity contribution is -0.138. The summed E-state index contributed by atoms with van der Waals surface area (Å²) >= 11 is 13.3. The summed E-state index contributed by atoms with van der Waals surface area (Å²) in [5.74, 6) is 5.19. The summed E-state index contributed by atoms with van der Waals surface area (Å²) in [6, 6.07) is 59.3. The molecule has 31 heteroatoms. The molecule has 11 N–H and O–H groups in total. The standard InChI is InChI=1S/C16H24O3S.C15H22O3S.C14H20O3S.C13H18O3S.C12H16O3S.C11H14O2S.C10H12O3S.C9H10O3S/c17-14-10-7-8-11-15(14)20-13-9-5-3-1-2-4-6-12-16(18)19;1-18-13-8-10-14(11-9-13)19-12-6-4-2-3-5-7-15(16)17;15-12-7-9-13(10-8-12)18-11-5-3-1-2-4-6-14(16)17;1-16-11-6-8-12(9-7-11)17-10-4-2-3-5-13(14)15;1-15-10-5-7-11(8-6-10)16-9-3-2-4-12(13)14;1-8-3-4-9(2)10(7-8)14-6-5-11(12)13;11-8-4-1-2-5-9(8)14-7-3-6-10(12)13;1-12-7-2-4-8(5-3-7)13-6-9(10)11/h7-8,10-11,17H,1-6,9,12-13H2,(H,18,19);8-11H,2-7,12H2,1H3,(H,16,17);7-10,15H,1-6,11H2,(H,16,17);6-9H,2-5,10H2,1H3,(H,14,15);5-8H,2-4,9H2,1H3,(H,13,14);3-4,7H,5-6H2,1-2H3,(H,12,13);1-2,4-5,11H,3,6-7H2,(H,12,13);2-5H,6H2,1H3,(H,10,11). The third-order valence-corrected chi connectivity index (χ3v) is 27.0. The molecule has 0 radical (unpaired) electrons. The van der Waals surface area contributed by atoms with Gasteiger partial charge >= 0.3 is 47.8 Å². The lowest BCUT2D eigenvalue weighted by atomic mass is 10.1. The van der Waals surface area contributed by atoms with Crippen LogP contribution in [0.5, 0.6) is 40.2 Å². The second-order valence-corrected chi connectivity index (χ2v) is 38.3. The summed E-state index contributed by atoms with van der Waals surface area (Å²) < 4.78 is 20.2. The molecule has 0 aromatic heterocycles. The number of para-hydroxylation sites is 2. The van der Waals surface area contributed by atoms with Crippen LogP contribution in [-0.4, -0.2) is 178 Å². The zero-order chi connectivity index (χ0) is 96.7. The van der Waals surface area contributed by atoms with Gasteiger partial charge in [0.25, 0.3) is 0 Å². The lowest BCUT2D eigenvalue weighted by Gasteiger charge is -2.05. The minimum absolute atomic E-state index is 0.0896. The Morgan fingerprint density at radius 1 is 0.237 bits per heavy atom. The van der Waals surface area contributed by atoms with Crippen LogP contribution in [0.25, 0.3) is 0 Å². The van der Waals surface area contributed by atoms with Gasteiger partial charge in [0.15, 0.2) is 0 Å². The number of aliphatic carboxylic acids is 8. The molecule has 23 nitrogen and oxygen atoms in total. The Morgan fingerprint density at radius 3 is 0.786 bits per heavy atom. The van der Waals surface area contributed by atoms with E-state index in [0.717, 1.165) is 176 Å². The molecule has 131 heavy (non-hydrogen) atoms. The third-order valence-electron chi connectivity index (χ3n) is 18.1. The van der Waals surface area contributed by atoms with E-state index in [1.807, 2.05) is 153 Å². The Kier molecular flexibility index (Phi) is 73.8. The highest BCUT2D eigenvalue weighted by atomic mass is 32.2. The van der Waals surface area contributed by atoms with Crippen molar-refractivity contribution in [3.63, 3.8) is 0 Å². The number of aryl methyl sites for hydroxylation is 2. The Hall–Kier alpha value is -9.08. The Balaban J connectivity index is 0.000000751. The van der Waals surface area contributed by atoms with E-state index >= 15 is 0 Å². The maximum absolute atomic E-state index is 10.3. The monoisotopic (exact) mass is 1960 g/mol. The zero-order valence-electron chi connectivity index (χ0n) is 76.4. The number of phenols is 3. The first-order valence-electron chi connectivity index (χ1n) is 43.8. The van der Waals surface area contributed by atoms with Crippen LogP contribution in [0.2, 0.25) is 0 Å². The predicted molar refractivity (Wildman–Crippen MR) is 538 cm³/mol. The highest BCUT2D eigenvalue weighted by Gasteiger charge is 2.09. The SMILES string of the molecule is COc1ccc(SCC(=O)O)cc1.COc1ccc(SCCCCC(=O)O)cc1.COc1ccc(SCCCCCC(=O)O)cc1.COc1ccc(SCCCCCCCC(=O)O)cc1.Cc1ccc(C)c(SCCC(=O)O)c1.O=C(O)CCCCCCCCCSc1ccccc1O.O=C(O)CCCCCCCSc1ccc(O)cc1.O=C(O)CCCSc1ccccc1O. The highest BCUT2D eigenvalue weighted by molar-refractivity contribution is 8.01. The summed E-state index contributed by atoms with van der Waals surface area (Å²) in [5, 5.41) is 95.9. The summed E-state index contributed by atoms with van der Waals surface area (Å²) in [6.45, 7) is 4.09. The van der Waals surface area contributed by atoms with Gasteiger partial charge in [0.1, 0.15) is 40.2 Å². The number of ether oxygens (including phenoxy) is 4. The van der Waals surface area contributed by atoms with Crippen LogP contribution in [0.1, 0.15) is 204 Å². The second kappa shape index (κ2) is 80.6. The number of phenolic OH excluding ortho intramolecular Hbond substituents is 3. The molecule has 0 fully saturated rings. The molecule has 8 rings (SSSR count). The number of methoxy groups -OCH3 is 4. The van der Waals surface area contributed by atoms with Gasteiger partial charge < -0.3 is 75.1 Å². The number of benzene rings is 8. The van der Waals surface area contributed by atoms with Crippen molar-refractivity contribution in [2.75, 3.05) is 74.5 Å². The van der Waals surface area contributed by atoms with E-state index in [1.165, 1.54) is 91.2 Å². The fraction of sp³-hybridized carbons (Fsp3) is 0.440. The van der Waals surface area contributed by atoms with Gasteiger partial charge in [-0.1, -0.05) is 119 Å². The van der Waals surface area contributed by atoms with E-state index in [2.05, 4.69) is 30.3 Å². The van der Waals surface area contributed by atoms with Crippen LogP contribution in [-0.2, 0) is 38.4 Å². The first kappa shape index (κ1) is 120. The molecule has 8 aromatic carbocycles. The number of carbonyl (C=O) groups is 8. The Morgan fingerprint density at radius 2 is 0.481 bits per heavy atom. The number of carboxylic acids is 8. The quantitative estimate of drug-likeness (QED) is 0.0125. The van der Waals surface area contributed by atoms with Gasteiger partial charge in [0.05, 0.1) is 40.6 Å². The average molecular weight is 1960 g/mol. The van der Waals surface area contributed by atoms with Crippen LogP contribution in [0.3, 0.4) is 0 Å². The van der Waals surface area contributed by atoms with Gasteiger partial charge in [-0.25, -0.2) is 0 Å².